The predicted molar refractivity (Wildman–Crippen MR) is 101 cm³/mol. The molecule has 16 heteroatoms. The summed E-state index contributed by atoms with van der Waals surface area (Å²) in [6.45, 7) is -3.11. The second-order valence-electron chi connectivity index (χ2n) is 8.43. The molecular formula is C18H32O16. The van der Waals surface area contributed by atoms with E-state index in [0.29, 0.717) is 0 Å². The van der Waals surface area contributed by atoms with Gasteiger partial charge in [0.1, 0.15) is 67.1 Å². The van der Waals surface area contributed by atoms with Crippen LogP contribution in [0.5, 0.6) is 0 Å². The lowest BCUT2D eigenvalue weighted by Gasteiger charge is -2.46. The van der Waals surface area contributed by atoms with E-state index < -0.39 is 112 Å². The molecule has 200 valence electrons. The molecule has 3 aliphatic rings. The molecule has 0 spiro atoms. The van der Waals surface area contributed by atoms with Gasteiger partial charge in [0.15, 0.2) is 12.6 Å². The van der Waals surface area contributed by atoms with Gasteiger partial charge < -0.3 is 79.9 Å². The van der Waals surface area contributed by atoms with Crippen LogP contribution in [-0.2, 0) is 23.7 Å². The SMILES string of the molecule is OC[C@H]1O[C@@H](O[C@H]2[C@H](O)[C@@H](O)[C@@H](OC[C@H]3O[C@](O)(CO)[C@@H](O)[C@@H]3O)O[C@@H]2CO)[C@H](O)[C@@H](O)[C@H]1O. The second kappa shape index (κ2) is 11.2. The molecule has 0 saturated carbocycles. The normalized spacial score (nSPS) is 52.1. The first-order valence-electron chi connectivity index (χ1n) is 10.6. The minimum atomic E-state index is -2.43. The Morgan fingerprint density at radius 2 is 1.24 bits per heavy atom. The van der Waals surface area contributed by atoms with E-state index in [4.69, 9.17) is 28.8 Å². The zero-order valence-electron chi connectivity index (χ0n) is 17.8. The molecule has 3 heterocycles. The van der Waals surface area contributed by atoms with Crippen LogP contribution in [0.4, 0.5) is 0 Å². The van der Waals surface area contributed by atoms with Crippen molar-refractivity contribution in [3.63, 3.8) is 0 Å². The lowest BCUT2D eigenvalue weighted by atomic mass is 9.97. The second-order valence-corrected chi connectivity index (χ2v) is 8.43. The molecule has 16 nitrogen and oxygen atoms in total. The summed E-state index contributed by atoms with van der Waals surface area (Å²) in [7, 11) is 0. The molecule has 0 bridgehead atoms. The van der Waals surface area contributed by atoms with Crippen molar-refractivity contribution in [2.75, 3.05) is 26.4 Å². The van der Waals surface area contributed by atoms with E-state index >= 15 is 0 Å². The zero-order valence-corrected chi connectivity index (χ0v) is 17.8. The molecule has 3 saturated heterocycles. The fourth-order valence-corrected chi connectivity index (χ4v) is 4.02. The highest BCUT2D eigenvalue weighted by atomic mass is 16.7. The highest BCUT2D eigenvalue weighted by Crippen LogP contribution is 2.32. The quantitative estimate of drug-likeness (QED) is 0.146. The molecule has 14 atom stereocenters. The first-order valence-corrected chi connectivity index (χ1v) is 10.6. The third-order valence-electron chi connectivity index (χ3n) is 6.13. The summed E-state index contributed by atoms with van der Waals surface area (Å²) >= 11 is 0. The van der Waals surface area contributed by atoms with Crippen LogP contribution in [0.15, 0.2) is 0 Å². The molecule has 0 aromatic carbocycles. The number of aliphatic hydroxyl groups is 11. The van der Waals surface area contributed by atoms with E-state index in [0.717, 1.165) is 0 Å². The number of hydrogen-bond donors (Lipinski definition) is 11. The predicted octanol–water partition coefficient (Wildman–Crippen LogP) is -7.57. The molecule has 0 aliphatic carbocycles. The summed E-state index contributed by atoms with van der Waals surface area (Å²) in [5.74, 6) is -2.43. The third kappa shape index (κ3) is 5.23. The summed E-state index contributed by atoms with van der Waals surface area (Å²) in [6.07, 6.45) is -21.2. The molecule has 34 heavy (non-hydrogen) atoms. The minimum Gasteiger partial charge on any atom is -0.394 e. The van der Waals surface area contributed by atoms with Gasteiger partial charge in [-0.05, 0) is 0 Å². The average Bonchev–Trinajstić information content (AvgIpc) is 3.05. The van der Waals surface area contributed by atoms with E-state index in [1.165, 1.54) is 0 Å². The first-order chi connectivity index (χ1) is 16.0. The summed E-state index contributed by atoms with van der Waals surface area (Å²) in [5, 5.41) is 109. The van der Waals surface area contributed by atoms with Crippen molar-refractivity contribution in [3.8, 4) is 0 Å². The van der Waals surface area contributed by atoms with Crippen molar-refractivity contribution >= 4 is 0 Å². The van der Waals surface area contributed by atoms with Crippen LogP contribution < -0.4 is 0 Å². The number of rotatable bonds is 8. The van der Waals surface area contributed by atoms with Crippen molar-refractivity contribution in [2.24, 2.45) is 0 Å². The van der Waals surface area contributed by atoms with Gasteiger partial charge in [0.2, 0.25) is 5.79 Å². The van der Waals surface area contributed by atoms with Crippen LogP contribution in [0.3, 0.4) is 0 Å². The molecule has 3 rings (SSSR count). The first kappa shape index (κ1) is 27.9. The molecule has 0 aromatic rings. The van der Waals surface area contributed by atoms with Crippen molar-refractivity contribution in [1.82, 2.24) is 0 Å². The lowest BCUT2D eigenvalue weighted by molar-refractivity contribution is -0.361. The van der Waals surface area contributed by atoms with Gasteiger partial charge >= 0.3 is 0 Å². The van der Waals surface area contributed by atoms with Gasteiger partial charge in [0, 0.05) is 0 Å². The maximum atomic E-state index is 10.5. The van der Waals surface area contributed by atoms with Gasteiger partial charge in [-0.2, -0.15) is 0 Å². The fraction of sp³-hybridized carbons (Fsp3) is 1.00. The molecule has 0 aromatic heterocycles. The lowest BCUT2D eigenvalue weighted by Crippen LogP contribution is -2.64. The number of aliphatic hydroxyl groups excluding tert-OH is 10. The van der Waals surface area contributed by atoms with Crippen molar-refractivity contribution < 1.29 is 79.9 Å². The van der Waals surface area contributed by atoms with Gasteiger partial charge in [0.05, 0.1) is 26.4 Å². The molecule has 3 fully saturated rings. The maximum Gasteiger partial charge on any atom is 0.219 e. The molecule has 3 aliphatic heterocycles. The molecule has 11 N–H and O–H groups in total. The fourth-order valence-electron chi connectivity index (χ4n) is 4.02. The number of hydrogen-bond acceptors (Lipinski definition) is 16. The Hall–Kier alpha value is -0.640. The Morgan fingerprint density at radius 3 is 1.79 bits per heavy atom. The minimum absolute atomic E-state index is 0.578. The van der Waals surface area contributed by atoms with E-state index in [1.54, 1.807) is 0 Å². The Morgan fingerprint density at radius 1 is 0.647 bits per heavy atom. The standard InChI is InChI=1S/C18H32O16/c19-1-5-8(22)10(24)12(26)17(31-5)33-14-6(2-20)32-16(13(27)11(14)25)30-3-7-9(23)15(28)18(29,4-21)34-7/h5-17,19-29H,1-4H2/t5-,6-,7-,8+,9-,10+,11-,12-,13-,14-,15+,16+,17+,18-/m1/s1. The zero-order chi connectivity index (χ0) is 25.4. The van der Waals surface area contributed by atoms with Gasteiger partial charge in [-0.15, -0.1) is 0 Å². The third-order valence-corrected chi connectivity index (χ3v) is 6.13. The van der Waals surface area contributed by atoms with E-state index in [9.17, 15) is 51.1 Å². The average molecular weight is 504 g/mol. The van der Waals surface area contributed by atoms with E-state index in [1.807, 2.05) is 0 Å². The van der Waals surface area contributed by atoms with Gasteiger partial charge in [-0.1, -0.05) is 0 Å². The van der Waals surface area contributed by atoms with Crippen molar-refractivity contribution in [3.05, 3.63) is 0 Å². The van der Waals surface area contributed by atoms with Crippen LogP contribution in [0.25, 0.3) is 0 Å². The van der Waals surface area contributed by atoms with Crippen LogP contribution in [0, 0.1) is 0 Å². The van der Waals surface area contributed by atoms with Crippen LogP contribution >= 0.6 is 0 Å². The van der Waals surface area contributed by atoms with Gasteiger partial charge in [-0.3, -0.25) is 0 Å². The Labute approximate surface area is 192 Å². The maximum absolute atomic E-state index is 10.5. The van der Waals surface area contributed by atoms with Crippen molar-refractivity contribution in [1.29, 1.82) is 0 Å². The smallest absolute Gasteiger partial charge is 0.219 e. The summed E-state index contributed by atoms with van der Waals surface area (Å²) in [5.41, 5.74) is 0. The summed E-state index contributed by atoms with van der Waals surface area (Å²) < 4.78 is 26.3. The Bertz CT molecular complexity index is 651. The van der Waals surface area contributed by atoms with E-state index in [-0.39, 0.29) is 0 Å². The van der Waals surface area contributed by atoms with Crippen molar-refractivity contribution in [2.45, 2.75) is 85.5 Å². The molecule has 0 amide bonds. The largest absolute Gasteiger partial charge is 0.394 e. The molecular weight excluding hydrogens is 472 g/mol. The monoisotopic (exact) mass is 504 g/mol. The van der Waals surface area contributed by atoms with E-state index in [2.05, 4.69) is 0 Å². The van der Waals surface area contributed by atoms with Crippen LogP contribution in [-0.4, -0.2) is 168 Å². The summed E-state index contributed by atoms with van der Waals surface area (Å²) in [4.78, 5) is 0. The van der Waals surface area contributed by atoms with Crippen LogP contribution in [0.1, 0.15) is 0 Å². The van der Waals surface area contributed by atoms with Crippen LogP contribution in [0.2, 0.25) is 0 Å². The molecule has 0 unspecified atom stereocenters. The topological polar surface area (TPSA) is 269 Å². The highest BCUT2D eigenvalue weighted by molar-refractivity contribution is 4.97. The Balaban J connectivity index is 1.63. The Kier molecular flexibility index (Phi) is 9.18. The molecule has 0 radical (unpaired) electrons. The summed E-state index contributed by atoms with van der Waals surface area (Å²) in [6, 6.07) is 0. The van der Waals surface area contributed by atoms with Gasteiger partial charge in [-0.25, -0.2) is 0 Å². The highest BCUT2D eigenvalue weighted by Gasteiger charge is 2.54. The number of ether oxygens (including phenoxy) is 5. The van der Waals surface area contributed by atoms with Gasteiger partial charge in [0.25, 0.3) is 0 Å².